The lowest BCUT2D eigenvalue weighted by atomic mass is 9.83. The summed E-state index contributed by atoms with van der Waals surface area (Å²) in [5, 5.41) is 23.5. The number of benzene rings is 1. The molecule has 41 heavy (non-hydrogen) atoms. The second-order valence-corrected chi connectivity index (χ2v) is 9.66. The van der Waals surface area contributed by atoms with Gasteiger partial charge in [-0.3, -0.25) is 0 Å². The second-order valence-electron chi connectivity index (χ2n) is 9.66. The molecule has 0 aliphatic carbocycles. The molecule has 9 nitrogen and oxygen atoms in total. The molecular weight excluding hydrogens is 553 g/mol. The molecule has 1 unspecified atom stereocenters. The summed E-state index contributed by atoms with van der Waals surface area (Å²) in [6.07, 6.45) is -2.78. The van der Waals surface area contributed by atoms with Crippen LogP contribution in [-0.4, -0.2) is 62.4 Å². The summed E-state index contributed by atoms with van der Waals surface area (Å²) in [6, 6.07) is 5.71. The van der Waals surface area contributed by atoms with Crippen LogP contribution in [0.2, 0.25) is 0 Å². The Balaban J connectivity index is 1.51. The van der Waals surface area contributed by atoms with E-state index in [1.165, 1.54) is 23.2 Å². The molecule has 0 saturated carbocycles. The van der Waals surface area contributed by atoms with Crippen LogP contribution in [0.25, 0.3) is 0 Å². The van der Waals surface area contributed by atoms with E-state index in [0.717, 1.165) is 24.3 Å². The molecular formula is C27H28F5N5O4. The Hall–Kier alpha value is -3.91. The predicted octanol–water partition coefficient (Wildman–Crippen LogP) is 4.54. The largest absolute Gasteiger partial charge is 0.474 e. The number of aryl methyl sites for hydroxylation is 1. The number of anilines is 1. The van der Waals surface area contributed by atoms with E-state index in [2.05, 4.69) is 20.3 Å². The number of hydrogen-bond acceptors (Lipinski definition) is 7. The summed E-state index contributed by atoms with van der Waals surface area (Å²) in [6.45, 7) is 1.04. The number of pyridine rings is 1. The van der Waals surface area contributed by atoms with Crippen molar-refractivity contribution in [3.8, 4) is 5.88 Å². The van der Waals surface area contributed by atoms with Crippen molar-refractivity contribution in [3.05, 3.63) is 77.0 Å². The van der Waals surface area contributed by atoms with Gasteiger partial charge in [0.15, 0.2) is 0 Å². The highest BCUT2D eigenvalue weighted by Crippen LogP contribution is 2.36. The van der Waals surface area contributed by atoms with E-state index in [4.69, 9.17) is 4.74 Å². The lowest BCUT2D eigenvalue weighted by Gasteiger charge is -2.35. The van der Waals surface area contributed by atoms with Crippen molar-refractivity contribution in [1.82, 2.24) is 19.9 Å². The van der Waals surface area contributed by atoms with Crippen LogP contribution in [0, 0.1) is 18.6 Å². The van der Waals surface area contributed by atoms with Crippen LogP contribution in [0.3, 0.4) is 0 Å². The zero-order valence-corrected chi connectivity index (χ0v) is 22.0. The molecule has 3 N–H and O–H groups in total. The average molecular weight is 582 g/mol. The number of para-hydroxylation sites is 1. The van der Waals surface area contributed by atoms with Gasteiger partial charge in [-0.25, -0.2) is 28.5 Å². The molecule has 1 saturated heterocycles. The first kappa shape index (κ1) is 30.1. The van der Waals surface area contributed by atoms with Gasteiger partial charge in [0.25, 0.3) is 0 Å². The number of urea groups is 1. The van der Waals surface area contributed by atoms with Gasteiger partial charge >= 0.3 is 12.2 Å². The Bertz CT molecular complexity index is 1360. The summed E-state index contributed by atoms with van der Waals surface area (Å²) in [4.78, 5) is 26.2. The molecule has 14 heteroatoms. The van der Waals surface area contributed by atoms with E-state index >= 15 is 0 Å². The number of hydrogen-bond donors (Lipinski definition) is 3. The van der Waals surface area contributed by atoms with Crippen molar-refractivity contribution in [1.29, 1.82) is 0 Å². The number of alkyl halides is 3. The predicted molar refractivity (Wildman–Crippen MR) is 136 cm³/mol. The van der Waals surface area contributed by atoms with Gasteiger partial charge in [-0.2, -0.15) is 13.2 Å². The summed E-state index contributed by atoms with van der Waals surface area (Å²) in [7, 11) is 0. The highest BCUT2D eigenvalue weighted by molar-refractivity contribution is 5.89. The van der Waals surface area contributed by atoms with Crippen LogP contribution in [0.5, 0.6) is 5.88 Å². The molecule has 3 heterocycles. The molecule has 0 spiro atoms. The Morgan fingerprint density at radius 1 is 1.10 bits per heavy atom. The van der Waals surface area contributed by atoms with Gasteiger partial charge in [0.2, 0.25) is 5.88 Å². The van der Waals surface area contributed by atoms with E-state index in [0.29, 0.717) is 24.4 Å². The highest BCUT2D eigenvalue weighted by Gasteiger charge is 2.38. The van der Waals surface area contributed by atoms with Crippen LogP contribution >= 0.6 is 0 Å². The van der Waals surface area contributed by atoms with Crippen LogP contribution in [0.15, 0.2) is 42.6 Å². The molecule has 3 aromatic rings. The van der Waals surface area contributed by atoms with Crippen molar-refractivity contribution in [2.24, 2.45) is 0 Å². The lowest BCUT2D eigenvalue weighted by Crippen LogP contribution is -2.42. The first-order valence-electron chi connectivity index (χ1n) is 12.8. The number of aliphatic hydroxyl groups is 2. The molecule has 4 rings (SSSR count). The summed E-state index contributed by atoms with van der Waals surface area (Å²) < 4.78 is 72.6. The number of rotatable bonds is 8. The Morgan fingerprint density at radius 2 is 1.76 bits per heavy atom. The Labute approximate surface area is 232 Å². The first-order valence-corrected chi connectivity index (χ1v) is 12.8. The molecule has 0 radical (unpaired) electrons. The lowest BCUT2D eigenvalue weighted by molar-refractivity contribution is -0.141. The average Bonchev–Trinajstić information content (AvgIpc) is 2.94. The van der Waals surface area contributed by atoms with E-state index in [1.807, 2.05) is 0 Å². The number of aliphatic hydroxyl groups excluding tert-OH is 1. The quantitative estimate of drug-likeness (QED) is 0.334. The normalized spacial score (nSPS) is 15.9. The number of aromatic nitrogens is 3. The van der Waals surface area contributed by atoms with Gasteiger partial charge in [0, 0.05) is 49.9 Å². The summed E-state index contributed by atoms with van der Waals surface area (Å²) >= 11 is 0. The topological polar surface area (TPSA) is 121 Å². The molecule has 0 bridgehead atoms. The number of ether oxygens (including phenoxy) is 1. The second kappa shape index (κ2) is 12.3. The van der Waals surface area contributed by atoms with Crippen molar-refractivity contribution in [3.63, 3.8) is 0 Å². The monoisotopic (exact) mass is 581 g/mol. The maximum Gasteiger partial charge on any atom is 0.433 e. The minimum Gasteiger partial charge on any atom is -0.474 e. The number of carbonyl (C=O) groups excluding carboxylic acids is 1. The van der Waals surface area contributed by atoms with Gasteiger partial charge in [-0.1, -0.05) is 12.1 Å². The maximum atomic E-state index is 14.0. The fourth-order valence-electron chi connectivity index (χ4n) is 4.63. The zero-order chi connectivity index (χ0) is 29.8. The van der Waals surface area contributed by atoms with E-state index < -0.39 is 54.0 Å². The van der Waals surface area contributed by atoms with Crippen LogP contribution < -0.4 is 10.1 Å². The summed E-state index contributed by atoms with van der Waals surface area (Å²) in [5.74, 6) is -2.06. The third-order valence-electron chi connectivity index (χ3n) is 6.80. The van der Waals surface area contributed by atoms with Crippen molar-refractivity contribution >= 4 is 11.7 Å². The number of piperidine rings is 1. The molecule has 1 fully saturated rings. The first-order chi connectivity index (χ1) is 19.4. The Morgan fingerprint density at radius 3 is 2.39 bits per heavy atom. The third kappa shape index (κ3) is 7.06. The van der Waals surface area contributed by atoms with Crippen LogP contribution in [0.1, 0.15) is 48.0 Å². The fourth-order valence-corrected chi connectivity index (χ4v) is 4.63. The zero-order valence-electron chi connectivity index (χ0n) is 22.0. The standard InChI is InChI=1S/C27H28F5N5O4/c1-16-33-14-18(26(40,10-13-38)15-41-22-7-3-6-21(35-22)27(30,31)32)23(34-16)17-8-11-37(12-9-17)25(39)36-24-19(28)4-2-5-20(24)29/h2-7,14,17,38,40H,8-13,15H2,1H3,(H,36,39). The highest BCUT2D eigenvalue weighted by atomic mass is 19.4. The molecule has 1 aromatic carbocycles. The van der Waals surface area contributed by atoms with Crippen LogP contribution in [-0.2, 0) is 11.8 Å². The number of likely N-dealkylation sites (tertiary alicyclic amines) is 1. The summed E-state index contributed by atoms with van der Waals surface area (Å²) in [5.41, 5.74) is -2.93. The smallest absolute Gasteiger partial charge is 0.433 e. The van der Waals surface area contributed by atoms with Crippen molar-refractivity contribution in [2.45, 2.75) is 43.9 Å². The molecule has 1 atom stereocenters. The maximum absolute atomic E-state index is 14.0. The van der Waals surface area contributed by atoms with Gasteiger partial charge in [-0.15, -0.1) is 0 Å². The molecule has 2 amide bonds. The number of amides is 2. The van der Waals surface area contributed by atoms with Gasteiger partial charge in [0.1, 0.15) is 41.0 Å². The van der Waals surface area contributed by atoms with E-state index in [-0.39, 0.29) is 36.9 Å². The van der Waals surface area contributed by atoms with Gasteiger partial charge in [-0.05, 0) is 38.0 Å². The SMILES string of the molecule is Cc1ncc(C(O)(CCO)COc2cccc(C(F)(F)F)n2)c(C2CCN(C(=O)Nc3c(F)cccc3F)CC2)n1. The number of halogens is 5. The van der Waals surface area contributed by atoms with Crippen molar-refractivity contribution in [2.75, 3.05) is 31.6 Å². The van der Waals surface area contributed by atoms with E-state index in [1.54, 1.807) is 6.92 Å². The fraction of sp³-hybridized carbons (Fsp3) is 0.407. The van der Waals surface area contributed by atoms with Crippen molar-refractivity contribution < 1.29 is 41.7 Å². The van der Waals surface area contributed by atoms with Gasteiger partial charge < -0.3 is 25.2 Å². The third-order valence-corrected chi connectivity index (χ3v) is 6.80. The molecule has 1 aliphatic rings. The number of nitrogens with zero attached hydrogens (tertiary/aromatic N) is 4. The van der Waals surface area contributed by atoms with Crippen LogP contribution in [0.4, 0.5) is 32.4 Å². The molecule has 2 aromatic heterocycles. The molecule has 1 aliphatic heterocycles. The Kier molecular flexibility index (Phi) is 9.02. The number of carbonyl (C=O) groups is 1. The molecule has 220 valence electrons. The van der Waals surface area contributed by atoms with E-state index in [9.17, 15) is 37.0 Å². The minimum absolute atomic E-state index is 0.206. The van der Waals surface area contributed by atoms with Gasteiger partial charge in [0.05, 0.1) is 5.69 Å². The number of nitrogens with one attached hydrogen (secondary N) is 1. The minimum atomic E-state index is -4.69.